The van der Waals surface area contributed by atoms with Gasteiger partial charge >= 0.3 is 0 Å². The quantitative estimate of drug-likeness (QED) is 0.652. The molecule has 0 unspecified atom stereocenters. The average molecular weight is 183 g/mol. The molecule has 12 heavy (non-hydrogen) atoms. The molecule has 1 fully saturated rings. The molecule has 0 saturated heterocycles. The Bertz CT molecular complexity index is 318. The van der Waals surface area contributed by atoms with Crippen molar-refractivity contribution >= 4 is 17.3 Å². The van der Waals surface area contributed by atoms with Gasteiger partial charge < -0.3 is 11.5 Å². The highest BCUT2D eigenvalue weighted by Gasteiger charge is 2.41. The number of hydrogen-bond acceptors (Lipinski definition) is 2. The minimum Gasteiger partial charge on any atom is -0.398 e. The lowest BCUT2D eigenvalue weighted by molar-refractivity contribution is 0.743. The molecule has 1 aliphatic carbocycles. The molecule has 2 nitrogen and oxygen atoms in total. The number of nitrogen functional groups attached to an aromatic ring is 1. The summed E-state index contributed by atoms with van der Waals surface area (Å²) in [5.41, 5.74) is 13.4. The van der Waals surface area contributed by atoms with Crippen LogP contribution in [0.3, 0.4) is 0 Å². The van der Waals surface area contributed by atoms with Gasteiger partial charge in [0.25, 0.3) is 0 Å². The topological polar surface area (TPSA) is 52.0 Å². The van der Waals surface area contributed by atoms with Crippen molar-refractivity contribution in [3.8, 4) is 0 Å². The number of nitrogens with two attached hydrogens (primary N) is 2. The summed E-state index contributed by atoms with van der Waals surface area (Å²) in [4.78, 5) is 0. The molecule has 64 valence electrons. The molecule has 0 heterocycles. The zero-order valence-electron chi connectivity index (χ0n) is 6.68. The minimum atomic E-state index is -0.158. The molecular weight excluding hydrogens is 172 g/mol. The van der Waals surface area contributed by atoms with E-state index in [-0.39, 0.29) is 5.54 Å². The Morgan fingerprint density at radius 1 is 1.33 bits per heavy atom. The van der Waals surface area contributed by atoms with E-state index in [1.54, 1.807) is 6.07 Å². The Hall–Kier alpha value is -0.730. The van der Waals surface area contributed by atoms with Gasteiger partial charge in [-0.25, -0.2) is 0 Å². The molecule has 0 radical (unpaired) electrons. The molecule has 4 N–H and O–H groups in total. The third-order valence-corrected chi connectivity index (χ3v) is 2.57. The van der Waals surface area contributed by atoms with Gasteiger partial charge in [0.1, 0.15) is 0 Å². The van der Waals surface area contributed by atoms with Crippen molar-refractivity contribution in [2.24, 2.45) is 5.73 Å². The molecule has 0 amide bonds. The minimum absolute atomic E-state index is 0.158. The second-order valence-corrected chi connectivity index (χ2v) is 3.82. The van der Waals surface area contributed by atoms with Gasteiger partial charge in [0.2, 0.25) is 0 Å². The Labute approximate surface area is 76.5 Å². The normalized spacial score (nSPS) is 19.2. The maximum atomic E-state index is 6.00. The van der Waals surface area contributed by atoms with Crippen LogP contribution in [0.1, 0.15) is 18.4 Å². The van der Waals surface area contributed by atoms with Crippen molar-refractivity contribution in [3.63, 3.8) is 0 Å². The van der Waals surface area contributed by atoms with Crippen LogP contribution in [0.5, 0.6) is 0 Å². The lowest BCUT2D eigenvalue weighted by Gasteiger charge is -2.11. The van der Waals surface area contributed by atoms with Crippen LogP contribution in [0.15, 0.2) is 18.2 Å². The van der Waals surface area contributed by atoms with Crippen molar-refractivity contribution in [2.75, 3.05) is 5.73 Å². The number of anilines is 1. The van der Waals surface area contributed by atoms with Crippen LogP contribution in [-0.4, -0.2) is 0 Å². The Morgan fingerprint density at radius 3 is 2.50 bits per heavy atom. The van der Waals surface area contributed by atoms with E-state index in [4.69, 9.17) is 23.1 Å². The highest BCUT2D eigenvalue weighted by Crippen LogP contribution is 2.45. The van der Waals surface area contributed by atoms with E-state index < -0.39 is 0 Å². The average Bonchev–Trinajstić information content (AvgIpc) is 2.68. The van der Waals surface area contributed by atoms with Gasteiger partial charge in [-0.3, -0.25) is 0 Å². The molecule has 0 atom stereocenters. The zero-order chi connectivity index (χ0) is 8.77. The van der Waals surface area contributed by atoms with E-state index >= 15 is 0 Å². The van der Waals surface area contributed by atoms with Crippen LogP contribution < -0.4 is 11.5 Å². The smallest absolute Gasteiger partial charge is 0.0431 e. The van der Waals surface area contributed by atoms with Crippen LogP contribution in [0.25, 0.3) is 0 Å². The van der Waals surface area contributed by atoms with Gasteiger partial charge in [0.15, 0.2) is 0 Å². The van der Waals surface area contributed by atoms with Gasteiger partial charge in [-0.1, -0.05) is 17.7 Å². The highest BCUT2D eigenvalue weighted by atomic mass is 35.5. The standard InChI is InChI=1S/C9H11ClN2/c10-6-1-2-7(8(11)5-6)9(12)3-4-9/h1-2,5H,3-4,11-12H2. The molecule has 2 rings (SSSR count). The van der Waals surface area contributed by atoms with Gasteiger partial charge in [-0.05, 0) is 30.5 Å². The number of rotatable bonds is 1. The largest absolute Gasteiger partial charge is 0.398 e. The number of hydrogen-bond donors (Lipinski definition) is 2. The molecule has 3 heteroatoms. The van der Waals surface area contributed by atoms with E-state index in [9.17, 15) is 0 Å². The monoisotopic (exact) mass is 182 g/mol. The molecular formula is C9H11ClN2. The fourth-order valence-corrected chi connectivity index (χ4v) is 1.57. The van der Waals surface area contributed by atoms with Crippen LogP contribution in [-0.2, 0) is 5.54 Å². The molecule has 1 aliphatic rings. The molecule has 1 aromatic rings. The van der Waals surface area contributed by atoms with Gasteiger partial charge in [-0.2, -0.15) is 0 Å². The molecule has 0 aromatic heterocycles. The summed E-state index contributed by atoms with van der Waals surface area (Å²) < 4.78 is 0. The molecule has 1 saturated carbocycles. The van der Waals surface area contributed by atoms with E-state index in [0.717, 1.165) is 18.4 Å². The van der Waals surface area contributed by atoms with E-state index in [1.165, 1.54) is 0 Å². The summed E-state index contributed by atoms with van der Waals surface area (Å²) in [6, 6.07) is 5.51. The fourth-order valence-electron chi connectivity index (χ4n) is 1.39. The van der Waals surface area contributed by atoms with Crippen molar-refractivity contribution < 1.29 is 0 Å². The summed E-state index contributed by atoms with van der Waals surface area (Å²) in [5.74, 6) is 0. The van der Waals surface area contributed by atoms with Crippen molar-refractivity contribution in [1.29, 1.82) is 0 Å². The highest BCUT2D eigenvalue weighted by molar-refractivity contribution is 6.30. The third-order valence-electron chi connectivity index (χ3n) is 2.34. The van der Waals surface area contributed by atoms with Crippen LogP contribution in [0, 0.1) is 0 Å². The molecule has 0 bridgehead atoms. The van der Waals surface area contributed by atoms with Crippen molar-refractivity contribution in [3.05, 3.63) is 28.8 Å². The summed E-state index contributed by atoms with van der Waals surface area (Å²) in [6.07, 6.45) is 2.05. The molecule has 1 aromatic carbocycles. The van der Waals surface area contributed by atoms with Gasteiger partial charge in [0, 0.05) is 16.2 Å². The van der Waals surface area contributed by atoms with Crippen LogP contribution in [0.4, 0.5) is 5.69 Å². The van der Waals surface area contributed by atoms with Crippen molar-refractivity contribution in [1.82, 2.24) is 0 Å². The SMILES string of the molecule is Nc1cc(Cl)ccc1C1(N)CC1. The zero-order valence-corrected chi connectivity index (χ0v) is 7.43. The van der Waals surface area contributed by atoms with Gasteiger partial charge in [-0.15, -0.1) is 0 Å². The van der Waals surface area contributed by atoms with E-state index in [1.807, 2.05) is 12.1 Å². The first-order valence-corrected chi connectivity index (χ1v) is 4.34. The first-order chi connectivity index (χ1) is 5.62. The summed E-state index contributed by atoms with van der Waals surface area (Å²) >= 11 is 5.77. The maximum Gasteiger partial charge on any atom is 0.0431 e. The third kappa shape index (κ3) is 1.17. The second-order valence-electron chi connectivity index (χ2n) is 3.39. The van der Waals surface area contributed by atoms with Crippen LogP contribution >= 0.6 is 11.6 Å². The molecule has 0 spiro atoms. The van der Waals surface area contributed by atoms with Crippen molar-refractivity contribution in [2.45, 2.75) is 18.4 Å². The first-order valence-electron chi connectivity index (χ1n) is 3.96. The second kappa shape index (κ2) is 2.38. The predicted molar refractivity (Wildman–Crippen MR) is 51.0 cm³/mol. The van der Waals surface area contributed by atoms with Gasteiger partial charge in [0.05, 0.1) is 0 Å². The number of benzene rings is 1. The fraction of sp³-hybridized carbons (Fsp3) is 0.333. The summed E-state index contributed by atoms with van der Waals surface area (Å²) in [6.45, 7) is 0. The Balaban J connectivity index is 2.45. The van der Waals surface area contributed by atoms with E-state index in [0.29, 0.717) is 10.7 Å². The Kier molecular flexibility index (Phi) is 1.56. The summed E-state index contributed by atoms with van der Waals surface area (Å²) in [5, 5.41) is 0.667. The van der Waals surface area contributed by atoms with E-state index in [2.05, 4.69) is 0 Å². The molecule has 0 aliphatic heterocycles. The lowest BCUT2D eigenvalue weighted by Crippen LogP contribution is -2.20. The predicted octanol–water partition coefficient (Wildman–Crippen LogP) is 1.87. The Morgan fingerprint density at radius 2 is 2.00 bits per heavy atom. The summed E-state index contributed by atoms with van der Waals surface area (Å²) in [7, 11) is 0. The lowest BCUT2D eigenvalue weighted by atomic mass is 10.0. The maximum absolute atomic E-state index is 6.00. The number of halogens is 1. The first kappa shape index (κ1) is 7.90. The van der Waals surface area contributed by atoms with Crippen LogP contribution in [0.2, 0.25) is 5.02 Å².